The van der Waals surface area contributed by atoms with Gasteiger partial charge in [0.2, 0.25) is 10.0 Å². The summed E-state index contributed by atoms with van der Waals surface area (Å²) >= 11 is 6.13. The fraction of sp³-hybridized carbons (Fsp3) is 0.429. The first kappa shape index (κ1) is 14.8. The van der Waals surface area contributed by atoms with Gasteiger partial charge in [-0.1, -0.05) is 11.6 Å². The van der Waals surface area contributed by atoms with Crippen LogP contribution in [0, 0.1) is 0 Å². The molecule has 0 unspecified atom stereocenters. The summed E-state index contributed by atoms with van der Waals surface area (Å²) in [5, 5.41) is 12.5. The van der Waals surface area contributed by atoms with Gasteiger partial charge in [0.15, 0.2) is 0 Å². The Morgan fingerprint density at radius 2 is 2.00 bits per heavy atom. The van der Waals surface area contributed by atoms with Crippen LogP contribution in [0.15, 0.2) is 24.4 Å². The summed E-state index contributed by atoms with van der Waals surface area (Å²) in [5.74, 6) is 0. The maximum atomic E-state index is 11.6. The number of fused-ring (bicyclic) bond motifs is 1. The van der Waals surface area contributed by atoms with E-state index in [1.165, 1.54) is 10.6 Å². The monoisotopic (exact) mass is 328 g/mol. The topological polar surface area (TPSA) is 73.4 Å². The number of sulfonamides is 1. The van der Waals surface area contributed by atoms with Crippen molar-refractivity contribution in [3.63, 3.8) is 0 Å². The van der Waals surface area contributed by atoms with Crippen molar-refractivity contribution in [2.45, 2.75) is 18.4 Å². The van der Waals surface area contributed by atoms with E-state index in [0.29, 0.717) is 31.0 Å². The van der Waals surface area contributed by atoms with E-state index in [4.69, 9.17) is 11.6 Å². The summed E-state index contributed by atoms with van der Waals surface area (Å²) < 4.78 is 24.6. The molecule has 2 heterocycles. The normalized spacial score (nSPS) is 20.0. The number of piperidine rings is 1. The molecule has 1 aliphatic heterocycles. The number of nitrogens with zero attached hydrogens (tertiary/aromatic N) is 1. The average Bonchev–Trinajstić information content (AvgIpc) is 2.85. The molecule has 0 saturated carbocycles. The molecule has 0 spiro atoms. The van der Waals surface area contributed by atoms with E-state index in [-0.39, 0.29) is 0 Å². The van der Waals surface area contributed by atoms with Crippen molar-refractivity contribution >= 4 is 32.5 Å². The van der Waals surface area contributed by atoms with Gasteiger partial charge in [-0.3, -0.25) is 0 Å². The second-order valence-corrected chi connectivity index (χ2v) is 8.00. The smallest absolute Gasteiger partial charge is 0.211 e. The number of aromatic amines is 1. The lowest BCUT2D eigenvalue weighted by atomic mass is 9.83. The van der Waals surface area contributed by atoms with Crippen LogP contribution in [0.2, 0.25) is 5.02 Å². The highest BCUT2D eigenvalue weighted by Crippen LogP contribution is 2.38. The Morgan fingerprint density at radius 3 is 2.62 bits per heavy atom. The first-order chi connectivity index (χ1) is 9.79. The zero-order valence-corrected chi connectivity index (χ0v) is 13.2. The van der Waals surface area contributed by atoms with Crippen LogP contribution in [0.25, 0.3) is 10.9 Å². The third-order valence-corrected chi connectivity index (χ3v) is 5.67. The van der Waals surface area contributed by atoms with Gasteiger partial charge >= 0.3 is 0 Å². The van der Waals surface area contributed by atoms with Crippen LogP contribution < -0.4 is 0 Å². The molecule has 0 bridgehead atoms. The van der Waals surface area contributed by atoms with Gasteiger partial charge in [0.25, 0.3) is 0 Å². The molecule has 0 atom stereocenters. The summed E-state index contributed by atoms with van der Waals surface area (Å²) in [6.07, 6.45) is 3.72. The van der Waals surface area contributed by atoms with Gasteiger partial charge in [-0.25, -0.2) is 12.7 Å². The van der Waals surface area contributed by atoms with Crippen LogP contribution in [-0.2, 0) is 15.6 Å². The number of aliphatic hydroxyl groups is 1. The Hall–Kier alpha value is -1.08. The second kappa shape index (κ2) is 4.98. The molecule has 0 amide bonds. The number of nitrogens with one attached hydrogen (secondary N) is 1. The van der Waals surface area contributed by atoms with Gasteiger partial charge in [0.1, 0.15) is 0 Å². The van der Waals surface area contributed by atoms with Gasteiger partial charge in [0.05, 0.1) is 11.9 Å². The highest BCUT2D eigenvalue weighted by molar-refractivity contribution is 7.88. The Labute approximate surface area is 128 Å². The molecule has 1 fully saturated rings. The number of H-pyrrole nitrogens is 1. The standard InChI is InChI=1S/C14H17ClN2O3S/c1-21(19,20)17-6-3-14(18,4-7-17)12-8-10(15)9-13-11(12)2-5-16-13/h2,5,8-9,16,18H,3-4,6-7H2,1H3. The Balaban J connectivity index is 1.98. The molecule has 2 aromatic rings. The van der Waals surface area contributed by atoms with Gasteiger partial charge in [-0.05, 0) is 36.6 Å². The molecule has 1 aromatic heterocycles. The zero-order chi connectivity index (χ0) is 15.3. The van der Waals surface area contributed by atoms with Crippen LogP contribution in [0.4, 0.5) is 0 Å². The van der Waals surface area contributed by atoms with E-state index in [0.717, 1.165) is 16.5 Å². The fourth-order valence-corrected chi connectivity index (χ4v) is 4.04. The number of hydrogen-bond donors (Lipinski definition) is 2. The van der Waals surface area contributed by atoms with Crippen molar-refractivity contribution in [1.82, 2.24) is 9.29 Å². The van der Waals surface area contributed by atoms with Crippen LogP contribution in [-0.4, -0.2) is 42.2 Å². The minimum atomic E-state index is -3.21. The largest absolute Gasteiger partial charge is 0.385 e. The third kappa shape index (κ3) is 2.68. The van der Waals surface area contributed by atoms with Crippen molar-refractivity contribution in [1.29, 1.82) is 0 Å². The molecule has 7 heteroatoms. The molecule has 1 aliphatic rings. The van der Waals surface area contributed by atoms with E-state index in [9.17, 15) is 13.5 Å². The number of hydrogen-bond acceptors (Lipinski definition) is 3. The summed E-state index contributed by atoms with van der Waals surface area (Å²) in [6.45, 7) is 0.627. The molecule has 114 valence electrons. The minimum Gasteiger partial charge on any atom is -0.385 e. The first-order valence-electron chi connectivity index (χ1n) is 6.74. The molecule has 21 heavy (non-hydrogen) atoms. The first-order valence-corrected chi connectivity index (χ1v) is 8.97. The predicted octanol–water partition coefficient (Wildman–Crippen LogP) is 2.06. The molecule has 0 aliphatic carbocycles. The lowest BCUT2D eigenvalue weighted by Crippen LogP contribution is -2.44. The quantitative estimate of drug-likeness (QED) is 0.886. The maximum Gasteiger partial charge on any atom is 0.211 e. The van der Waals surface area contributed by atoms with E-state index in [2.05, 4.69) is 4.98 Å². The van der Waals surface area contributed by atoms with Crippen molar-refractivity contribution in [3.8, 4) is 0 Å². The Morgan fingerprint density at radius 1 is 1.33 bits per heavy atom. The van der Waals surface area contributed by atoms with Crippen LogP contribution in [0.1, 0.15) is 18.4 Å². The molecular formula is C14H17ClN2O3S. The Kier molecular flexibility index (Phi) is 3.52. The van der Waals surface area contributed by atoms with E-state index in [1.54, 1.807) is 12.3 Å². The maximum absolute atomic E-state index is 11.6. The molecule has 1 aromatic carbocycles. The summed E-state index contributed by atoms with van der Waals surface area (Å²) in [4.78, 5) is 3.09. The van der Waals surface area contributed by atoms with Crippen LogP contribution in [0.3, 0.4) is 0 Å². The molecule has 0 radical (unpaired) electrons. The number of rotatable bonds is 2. The zero-order valence-electron chi connectivity index (χ0n) is 11.6. The highest BCUT2D eigenvalue weighted by atomic mass is 35.5. The van der Waals surface area contributed by atoms with Crippen LogP contribution >= 0.6 is 11.6 Å². The van der Waals surface area contributed by atoms with Crippen molar-refractivity contribution in [2.24, 2.45) is 0 Å². The lowest BCUT2D eigenvalue weighted by molar-refractivity contribution is -0.00817. The van der Waals surface area contributed by atoms with E-state index < -0.39 is 15.6 Å². The Bertz CT molecular complexity index is 777. The molecule has 5 nitrogen and oxygen atoms in total. The summed E-state index contributed by atoms with van der Waals surface area (Å²) in [7, 11) is -3.21. The molecule has 2 N–H and O–H groups in total. The summed E-state index contributed by atoms with van der Waals surface area (Å²) in [6, 6.07) is 5.49. The van der Waals surface area contributed by atoms with Gasteiger partial charge < -0.3 is 10.1 Å². The molecular weight excluding hydrogens is 312 g/mol. The van der Waals surface area contributed by atoms with Crippen molar-refractivity contribution < 1.29 is 13.5 Å². The van der Waals surface area contributed by atoms with Gasteiger partial charge in [-0.2, -0.15) is 0 Å². The average molecular weight is 329 g/mol. The highest BCUT2D eigenvalue weighted by Gasteiger charge is 2.37. The lowest BCUT2D eigenvalue weighted by Gasteiger charge is -2.37. The van der Waals surface area contributed by atoms with Gasteiger partial charge in [-0.15, -0.1) is 0 Å². The fourth-order valence-electron chi connectivity index (χ4n) is 2.97. The second-order valence-electron chi connectivity index (χ2n) is 5.59. The van der Waals surface area contributed by atoms with Gasteiger partial charge in [0, 0.05) is 35.2 Å². The summed E-state index contributed by atoms with van der Waals surface area (Å²) in [5.41, 5.74) is 0.586. The van der Waals surface area contributed by atoms with Crippen LogP contribution in [0.5, 0.6) is 0 Å². The molecule has 1 saturated heterocycles. The minimum absolute atomic E-state index is 0.313. The van der Waals surface area contributed by atoms with E-state index in [1.807, 2.05) is 12.1 Å². The number of aromatic nitrogens is 1. The third-order valence-electron chi connectivity index (χ3n) is 4.15. The van der Waals surface area contributed by atoms with E-state index >= 15 is 0 Å². The SMILES string of the molecule is CS(=O)(=O)N1CCC(O)(c2cc(Cl)cc3[nH]ccc23)CC1. The predicted molar refractivity (Wildman–Crippen MR) is 82.9 cm³/mol. The number of benzene rings is 1. The molecule has 3 rings (SSSR count). The van der Waals surface area contributed by atoms with Crippen molar-refractivity contribution in [2.75, 3.05) is 19.3 Å². The number of halogens is 1. The van der Waals surface area contributed by atoms with Crippen molar-refractivity contribution in [3.05, 3.63) is 35.0 Å².